The summed E-state index contributed by atoms with van der Waals surface area (Å²) in [5, 5.41) is 1.86. The van der Waals surface area contributed by atoms with Crippen molar-refractivity contribution in [1.82, 2.24) is 9.21 Å². The molecule has 116 valence electrons. The van der Waals surface area contributed by atoms with Crippen LogP contribution in [0.25, 0.3) is 0 Å². The number of β-lactam (4-membered cyclic amide) rings is 1. The number of carbonyl (C=O) groups is 2. The van der Waals surface area contributed by atoms with Crippen molar-refractivity contribution in [3.8, 4) is 0 Å². The summed E-state index contributed by atoms with van der Waals surface area (Å²) in [6, 6.07) is 2.10. The third-order valence-corrected chi connectivity index (χ3v) is 5.34. The fourth-order valence-electron chi connectivity index (χ4n) is 2.63. The Bertz CT molecular complexity index is 677. The first-order chi connectivity index (χ1) is 9.89. The average molecular weight is 356 g/mol. The van der Waals surface area contributed by atoms with Crippen LogP contribution in [0.15, 0.2) is 17.5 Å². The van der Waals surface area contributed by atoms with Crippen LogP contribution in [0.4, 0.5) is 4.79 Å². The minimum atomic E-state index is -4.56. The topological polar surface area (TPSA) is 104 Å². The third kappa shape index (κ3) is 3.03. The second-order valence-corrected chi connectivity index (χ2v) is 7.06. The van der Waals surface area contributed by atoms with E-state index in [1.54, 1.807) is 0 Å². The zero-order chi connectivity index (χ0) is 15.2. The van der Waals surface area contributed by atoms with Crippen LogP contribution in [0.2, 0.25) is 0 Å². The molecule has 2 aliphatic heterocycles. The van der Waals surface area contributed by atoms with Gasteiger partial charge in [0.1, 0.15) is 12.6 Å². The van der Waals surface area contributed by atoms with Crippen molar-refractivity contribution < 1.29 is 27.3 Å². The molecule has 0 saturated carbocycles. The van der Waals surface area contributed by atoms with E-state index < -0.39 is 34.4 Å². The molecule has 1 N–H and O–H groups in total. The van der Waals surface area contributed by atoms with Crippen molar-refractivity contribution in [2.24, 2.45) is 0 Å². The molecule has 0 bridgehead atoms. The van der Waals surface area contributed by atoms with Crippen LogP contribution in [-0.2, 0) is 26.4 Å². The maximum absolute atomic E-state index is 12.0. The van der Waals surface area contributed by atoms with Crippen LogP contribution in [0.3, 0.4) is 0 Å². The SMILES string of the molecule is O=C(OCc1cccs1)N1CC[C@@H]2[C@H]1C(=O)N2S(=O)(=O)O.[NaH]. The van der Waals surface area contributed by atoms with E-state index in [-0.39, 0.29) is 42.7 Å². The molecule has 0 spiro atoms. The number of nitrogens with zero attached hydrogens (tertiary/aromatic N) is 2. The fraction of sp³-hybridized carbons (Fsp3) is 0.455. The van der Waals surface area contributed by atoms with Gasteiger partial charge in [-0.25, -0.2) is 9.10 Å². The molecule has 0 unspecified atom stereocenters. The van der Waals surface area contributed by atoms with Crippen molar-refractivity contribution in [1.29, 1.82) is 0 Å². The molecular weight excluding hydrogens is 343 g/mol. The number of thiophene rings is 1. The van der Waals surface area contributed by atoms with Crippen molar-refractivity contribution in [2.45, 2.75) is 25.1 Å². The summed E-state index contributed by atoms with van der Waals surface area (Å²) in [7, 11) is -4.56. The quantitative estimate of drug-likeness (QED) is 0.458. The zero-order valence-electron chi connectivity index (χ0n) is 10.7. The van der Waals surface area contributed by atoms with E-state index in [0.717, 1.165) is 4.88 Å². The van der Waals surface area contributed by atoms with E-state index in [1.807, 2.05) is 17.5 Å². The van der Waals surface area contributed by atoms with Gasteiger partial charge in [-0.15, -0.1) is 11.3 Å². The molecule has 11 heteroatoms. The van der Waals surface area contributed by atoms with E-state index in [1.165, 1.54) is 16.2 Å². The number of rotatable bonds is 3. The van der Waals surface area contributed by atoms with Crippen LogP contribution in [0.1, 0.15) is 11.3 Å². The summed E-state index contributed by atoms with van der Waals surface area (Å²) in [4.78, 5) is 25.8. The van der Waals surface area contributed by atoms with Crippen LogP contribution >= 0.6 is 11.3 Å². The first-order valence-corrected chi connectivity index (χ1v) is 8.43. The van der Waals surface area contributed by atoms with Crippen molar-refractivity contribution in [3.05, 3.63) is 22.4 Å². The van der Waals surface area contributed by atoms with Crippen molar-refractivity contribution in [3.63, 3.8) is 0 Å². The number of carbonyl (C=O) groups excluding carboxylic acids is 2. The summed E-state index contributed by atoms with van der Waals surface area (Å²) in [6.07, 6.45) is -0.358. The summed E-state index contributed by atoms with van der Waals surface area (Å²) < 4.78 is 36.6. The average Bonchev–Trinajstić information content (AvgIpc) is 3.00. The molecule has 2 atom stereocenters. The maximum atomic E-state index is 12.0. The van der Waals surface area contributed by atoms with Crippen LogP contribution < -0.4 is 0 Å². The van der Waals surface area contributed by atoms with Gasteiger partial charge in [0.15, 0.2) is 0 Å². The number of likely N-dealkylation sites (tertiary alicyclic amines) is 1. The fourth-order valence-corrected chi connectivity index (χ4v) is 4.15. The van der Waals surface area contributed by atoms with Gasteiger partial charge in [-0.05, 0) is 17.9 Å². The Morgan fingerprint density at radius 1 is 1.50 bits per heavy atom. The number of amides is 2. The first kappa shape index (κ1) is 17.7. The predicted molar refractivity (Wildman–Crippen MR) is 78.9 cm³/mol. The summed E-state index contributed by atoms with van der Waals surface area (Å²) in [6.45, 7) is 0.330. The minimum absolute atomic E-state index is 0. The van der Waals surface area contributed by atoms with Crippen molar-refractivity contribution in [2.75, 3.05) is 6.54 Å². The molecule has 3 heterocycles. The molecule has 8 nitrogen and oxygen atoms in total. The Morgan fingerprint density at radius 3 is 2.82 bits per heavy atom. The first-order valence-electron chi connectivity index (χ1n) is 6.16. The van der Waals surface area contributed by atoms with E-state index in [9.17, 15) is 18.0 Å². The molecule has 22 heavy (non-hydrogen) atoms. The van der Waals surface area contributed by atoms with Gasteiger partial charge in [-0.2, -0.15) is 8.42 Å². The second kappa shape index (κ2) is 6.46. The molecule has 2 aliphatic rings. The Balaban J connectivity index is 0.00000176. The molecule has 0 aliphatic carbocycles. The van der Waals surface area contributed by atoms with Gasteiger partial charge in [-0.1, -0.05) is 6.07 Å². The standard InChI is InChI=1S/C11H12N2O6S2.Na.H/c14-10-9-8(13(10)21(16,17)18)3-4-12(9)11(15)19-6-7-2-1-5-20-7;;/h1-2,5,8-9H,3-4,6H2,(H,16,17,18);;/t8-,9+;;/m1../s1. The van der Waals surface area contributed by atoms with Gasteiger partial charge in [0.25, 0.3) is 5.91 Å². The number of fused-ring (bicyclic) bond motifs is 1. The number of hydrogen-bond acceptors (Lipinski definition) is 6. The molecule has 1 aromatic heterocycles. The Kier molecular flexibility index (Phi) is 5.20. The zero-order valence-corrected chi connectivity index (χ0v) is 12.3. The van der Waals surface area contributed by atoms with Crippen molar-refractivity contribution >= 4 is 63.2 Å². The second-order valence-electron chi connectivity index (χ2n) is 4.74. The van der Waals surface area contributed by atoms with Gasteiger partial charge in [0.05, 0.1) is 6.04 Å². The van der Waals surface area contributed by atoms with Crippen LogP contribution in [-0.4, -0.2) is 82.4 Å². The normalized spacial score (nSPS) is 23.6. The van der Waals surface area contributed by atoms with E-state index >= 15 is 0 Å². The summed E-state index contributed by atoms with van der Waals surface area (Å²) in [5.41, 5.74) is 0. The molecule has 0 aromatic carbocycles. The molecule has 2 amide bonds. The van der Waals surface area contributed by atoms with Crippen LogP contribution in [0.5, 0.6) is 0 Å². The van der Waals surface area contributed by atoms with Crippen LogP contribution in [0, 0.1) is 0 Å². The predicted octanol–water partition coefficient (Wildman–Crippen LogP) is -0.176. The van der Waals surface area contributed by atoms with E-state index in [4.69, 9.17) is 9.29 Å². The number of ether oxygens (including phenoxy) is 1. The molecule has 2 saturated heterocycles. The Labute approximate surface area is 153 Å². The van der Waals surface area contributed by atoms with Gasteiger partial charge >= 0.3 is 46.0 Å². The van der Waals surface area contributed by atoms with E-state index in [0.29, 0.717) is 10.7 Å². The molecule has 0 radical (unpaired) electrons. The molecule has 1 aromatic rings. The summed E-state index contributed by atoms with van der Waals surface area (Å²) in [5.74, 6) is -0.798. The monoisotopic (exact) mass is 356 g/mol. The van der Waals surface area contributed by atoms with Gasteiger partial charge < -0.3 is 4.74 Å². The third-order valence-electron chi connectivity index (χ3n) is 3.54. The van der Waals surface area contributed by atoms with Gasteiger partial charge in [0, 0.05) is 11.4 Å². The van der Waals surface area contributed by atoms with Gasteiger partial charge in [-0.3, -0.25) is 14.2 Å². The van der Waals surface area contributed by atoms with E-state index in [2.05, 4.69) is 0 Å². The number of hydrogen-bond donors (Lipinski definition) is 1. The van der Waals surface area contributed by atoms with Gasteiger partial charge in [0.2, 0.25) is 0 Å². The molecule has 3 rings (SSSR count). The Morgan fingerprint density at radius 2 is 2.23 bits per heavy atom. The molecule has 2 fully saturated rings. The Hall–Kier alpha value is -0.650. The molecular formula is C11H13N2NaO6S2. The summed E-state index contributed by atoms with van der Waals surface area (Å²) >= 11 is 1.44.